The summed E-state index contributed by atoms with van der Waals surface area (Å²) >= 11 is 1.65. The first-order valence-corrected chi connectivity index (χ1v) is 7.57. The molecule has 0 saturated carbocycles. The van der Waals surface area contributed by atoms with E-state index in [9.17, 15) is 5.11 Å². The molecule has 3 heteroatoms. The Morgan fingerprint density at radius 2 is 2.21 bits per heavy atom. The van der Waals surface area contributed by atoms with Crippen LogP contribution in [0, 0.1) is 6.92 Å². The highest BCUT2D eigenvalue weighted by atomic mass is 32.1. The smallest absolute Gasteiger partial charge is 0.122 e. The lowest BCUT2D eigenvalue weighted by atomic mass is 9.87. The Hall–Kier alpha value is -1.32. The standard InChI is InChI=1S/C16H18O2S/c1-11-7-9-19-16(11)14(17)10-12-6-8-18-15-5-3-2-4-13(12)15/h2-5,7,9,12,14,17H,6,8,10H2,1H3. The van der Waals surface area contributed by atoms with E-state index in [2.05, 4.69) is 19.1 Å². The van der Waals surface area contributed by atoms with Crippen molar-refractivity contribution in [1.82, 2.24) is 0 Å². The Morgan fingerprint density at radius 1 is 1.37 bits per heavy atom. The third kappa shape index (κ3) is 2.53. The first-order valence-electron chi connectivity index (χ1n) is 6.69. The number of fused-ring (bicyclic) bond motifs is 1. The molecule has 1 aliphatic rings. The zero-order chi connectivity index (χ0) is 13.2. The number of aliphatic hydroxyl groups is 1. The number of thiophene rings is 1. The van der Waals surface area contributed by atoms with Crippen LogP contribution in [0.5, 0.6) is 5.75 Å². The minimum absolute atomic E-state index is 0.365. The minimum Gasteiger partial charge on any atom is -0.493 e. The summed E-state index contributed by atoms with van der Waals surface area (Å²) in [4.78, 5) is 1.10. The van der Waals surface area contributed by atoms with Gasteiger partial charge >= 0.3 is 0 Å². The number of rotatable bonds is 3. The third-order valence-electron chi connectivity index (χ3n) is 3.79. The average Bonchev–Trinajstić information content (AvgIpc) is 2.85. The fourth-order valence-electron chi connectivity index (χ4n) is 2.76. The highest BCUT2D eigenvalue weighted by Crippen LogP contribution is 2.40. The van der Waals surface area contributed by atoms with Gasteiger partial charge in [0.2, 0.25) is 0 Å². The van der Waals surface area contributed by atoms with Gasteiger partial charge in [-0.25, -0.2) is 0 Å². The molecular formula is C16H18O2S. The second kappa shape index (κ2) is 5.35. The van der Waals surface area contributed by atoms with E-state index in [1.807, 2.05) is 23.6 Å². The van der Waals surface area contributed by atoms with Crippen LogP contribution in [-0.4, -0.2) is 11.7 Å². The van der Waals surface area contributed by atoms with Gasteiger partial charge in [0.25, 0.3) is 0 Å². The Labute approximate surface area is 117 Å². The van der Waals surface area contributed by atoms with Crippen molar-refractivity contribution < 1.29 is 9.84 Å². The van der Waals surface area contributed by atoms with E-state index in [-0.39, 0.29) is 6.10 Å². The number of benzene rings is 1. The Balaban J connectivity index is 1.80. The molecule has 0 spiro atoms. The Bertz CT molecular complexity index is 561. The van der Waals surface area contributed by atoms with Gasteiger partial charge < -0.3 is 9.84 Å². The SMILES string of the molecule is Cc1ccsc1C(O)CC1CCOc2ccccc21. The summed E-state index contributed by atoms with van der Waals surface area (Å²) < 4.78 is 5.67. The number of aliphatic hydroxyl groups excluding tert-OH is 1. The molecule has 1 aromatic carbocycles. The van der Waals surface area contributed by atoms with Gasteiger partial charge in [0, 0.05) is 4.88 Å². The van der Waals surface area contributed by atoms with E-state index >= 15 is 0 Å². The maximum Gasteiger partial charge on any atom is 0.122 e. The van der Waals surface area contributed by atoms with Gasteiger partial charge in [-0.2, -0.15) is 0 Å². The third-order valence-corrected chi connectivity index (χ3v) is 4.92. The summed E-state index contributed by atoms with van der Waals surface area (Å²) in [5, 5.41) is 12.5. The van der Waals surface area contributed by atoms with Crippen LogP contribution in [0.15, 0.2) is 35.7 Å². The van der Waals surface area contributed by atoms with Crippen LogP contribution in [0.2, 0.25) is 0 Å². The summed E-state index contributed by atoms with van der Waals surface area (Å²) in [6.07, 6.45) is 1.40. The van der Waals surface area contributed by atoms with Crippen molar-refractivity contribution in [1.29, 1.82) is 0 Å². The van der Waals surface area contributed by atoms with Crippen LogP contribution in [0.4, 0.5) is 0 Å². The van der Waals surface area contributed by atoms with Crippen molar-refractivity contribution in [2.75, 3.05) is 6.61 Å². The molecule has 100 valence electrons. The van der Waals surface area contributed by atoms with Crippen LogP contribution in [0.1, 0.15) is 40.9 Å². The molecule has 1 N–H and O–H groups in total. The van der Waals surface area contributed by atoms with Crippen molar-refractivity contribution in [3.63, 3.8) is 0 Å². The zero-order valence-corrected chi connectivity index (χ0v) is 11.8. The molecule has 1 aromatic heterocycles. The molecule has 2 aromatic rings. The Morgan fingerprint density at radius 3 is 3.00 bits per heavy atom. The maximum absolute atomic E-state index is 10.4. The van der Waals surface area contributed by atoms with Crippen LogP contribution in [-0.2, 0) is 0 Å². The lowest BCUT2D eigenvalue weighted by Gasteiger charge is -2.27. The van der Waals surface area contributed by atoms with Crippen molar-refractivity contribution in [3.8, 4) is 5.75 Å². The molecule has 0 saturated heterocycles. The Kier molecular flexibility index (Phi) is 3.58. The molecule has 19 heavy (non-hydrogen) atoms. The zero-order valence-electron chi connectivity index (χ0n) is 11.0. The predicted octanol–water partition coefficient (Wildman–Crippen LogP) is 4.05. The fourth-order valence-corrected chi connectivity index (χ4v) is 3.69. The lowest BCUT2D eigenvalue weighted by molar-refractivity contribution is 0.147. The molecule has 2 unspecified atom stereocenters. The van der Waals surface area contributed by atoms with Crippen molar-refractivity contribution in [2.45, 2.75) is 31.8 Å². The van der Waals surface area contributed by atoms with Crippen LogP contribution in [0.25, 0.3) is 0 Å². The number of ether oxygens (including phenoxy) is 1. The van der Waals surface area contributed by atoms with Crippen LogP contribution < -0.4 is 4.74 Å². The molecule has 2 heterocycles. The molecule has 1 aliphatic heterocycles. The van der Waals surface area contributed by atoms with Crippen molar-refractivity contribution in [3.05, 3.63) is 51.7 Å². The van der Waals surface area contributed by atoms with E-state index in [0.29, 0.717) is 5.92 Å². The normalized spacial score (nSPS) is 19.6. The predicted molar refractivity (Wildman–Crippen MR) is 77.9 cm³/mol. The number of aryl methyl sites for hydroxylation is 1. The second-order valence-electron chi connectivity index (χ2n) is 5.09. The van der Waals surface area contributed by atoms with Gasteiger partial charge in [0.1, 0.15) is 5.75 Å². The van der Waals surface area contributed by atoms with Crippen LogP contribution in [0.3, 0.4) is 0 Å². The quantitative estimate of drug-likeness (QED) is 0.915. The van der Waals surface area contributed by atoms with Crippen molar-refractivity contribution in [2.24, 2.45) is 0 Å². The summed E-state index contributed by atoms with van der Waals surface area (Å²) in [6, 6.07) is 10.3. The molecule has 0 amide bonds. The van der Waals surface area contributed by atoms with Gasteiger partial charge in [-0.3, -0.25) is 0 Å². The molecule has 2 atom stereocenters. The molecular weight excluding hydrogens is 256 g/mol. The van der Waals surface area contributed by atoms with E-state index in [1.54, 1.807) is 11.3 Å². The summed E-state index contributed by atoms with van der Waals surface area (Å²) in [5.41, 5.74) is 2.43. The number of hydrogen-bond acceptors (Lipinski definition) is 3. The molecule has 3 rings (SSSR count). The summed E-state index contributed by atoms with van der Waals surface area (Å²) in [6.45, 7) is 2.81. The monoisotopic (exact) mass is 274 g/mol. The molecule has 2 nitrogen and oxygen atoms in total. The fraction of sp³-hybridized carbons (Fsp3) is 0.375. The van der Waals surface area contributed by atoms with Gasteiger partial charge in [-0.15, -0.1) is 11.3 Å². The topological polar surface area (TPSA) is 29.5 Å². The van der Waals surface area contributed by atoms with E-state index in [4.69, 9.17) is 4.74 Å². The first-order chi connectivity index (χ1) is 9.25. The molecule has 0 bridgehead atoms. The van der Waals surface area contributed by atoms with Crippen LogP contribution >= 0.6 is 11.3 Å². The van der Waals surface area contributed by atoms with E-state index in [1.165, 1.54) is 11.1 Å². The molecule has 0 aliphatic carbocycles. The minimum atomic E-state index is -0.365. The number of hydrogen-bond donors (Lipinski definition) is 1. The largest absolute Gasteiger partial charge is 0.493 e. The highest BCUT2D eigenvalue weighted by molar-refractivity contribution is 7.10. The van der Waals surface area contributed by atoms with Gasteiger partial charge in [-0.1, -0.05) is 18.2 Å². The van der Waals surface area contributed by atoms with E-state index in [0.717, 1.165) is 30.1 Å². The highest BCUT2D eigenvalue weighted by Gasteiger charge is 2.25. The summed E-state index contributed by atoms with van der Waals surface area (Å²) in [7, 11) is 0. The van der Waals surface area contributed by atoms with Crippen molar-refractivity contribution >= 4 is 11.3 Å². The first kappa shape index (κ1) is 12.7. The second-order valence-corrected chi connectivity index (χ2v) is 6.04. The van der Waals surface area contributed by atoms with Gasteiger partial charge in [0.15, 0.2) is 0 Å². The average molecular weight is 274 g/mol. The summed E-state index contributed by atoms with van der Waals surface area (Å²) in [5.74, 6) is 1.37. The lowest BCUT2D eigenvalue weighted by Crippen LogP contribution is -2.16. The molecule has 0 radical (unpaired) electrons. The number of para-hydroxylation sites is 1. The maximum atomic E-state index is 10.4. The van der Waals surface area contributed by atoms with Gasteiger partial charge in [0.05, 0.1) is 12.7 Å². The van der Waals surface area contributed by atoms with Gasteiger partial charge in [-0.05, 0) is 54.3 Å². The van der Waals surface area contributed by atoms with E-state index < -0.39 is 0 Å². The molecule has 0 fully saturated rings.